The van der Waals surface area contributed by atoms with Gasteiger partial charge in [-0.15, -0.1) is 0 Å². The molecule has 1 aliphatic rings. The maximum absolute atomic E-state index is 6.16. The molecule has 1 saturated heterocycles. The Morgan fingerprint density at radius 2 is 2.24 bits per heavy atom. The van der Waals surface area contributed by atoms with Gasteiger partial charge in [0, 0.05) is 25.5 Å². The molecule has 1 N–H and O–H groups in total. The lowest BCUT2D eigenvalue weighted by Gasteiger charge is -2.34. The highest BCUT2D eigenvalue weighted by molar-refractivity contribution is 6.33. The van der Waals surface area contributed by atoms with Crippen molar-refractivity contribution in [1.82, 2.24) is 10.3 Å². The van der Waals surface area contributed by atoms with E-state index in [4.69, 9.17) is 11.6 Å². The number of hydrogen-bond donors (Lipinski definition) is 1. The topological polar surface area (TPSA) is 28.2 Å². The summed E-state index contributed by atoms with van der Waals surface area (Å²) in [6.45, 7) is 3.34. The van der Waals surface area contributed by atoms with Crippen molar-refractivity contribution in [2.45, 2.75) is 19.3 Å². The summed E-state index contributed by atoms with van der Waals surface area (Å²) >= 11 is 6.16. The number of nitrogens with zero attached hydrogens (tertiary/aromatic N) is 2. The smallest absolute Gasteiger partial charge is 0.0822 e. The Labute approximate surface area is 108 Å². The fourth-order valence-corrected chi connectivity index (χ4v) is 2.67. The van der Waals surface area contributed by atoms with Crippen LogP contribution in [-0.2, 0) is 0 Å². The highest BCUT2D eigenvalue weighted by atomic mass is 35.5. The van der Waals surface area contributed by atoms with Crippen LogP contribution in [0.3, 0.4) is 0 Å². The first-order valence-corrected chi connectivity index (χ1v) is 6.68. The van der Waals surface area contributed by atoms with Crippen LogP contribution in [0.5, 0.6) is 0 Å². The minimum Gasteiger partial charge on any atom is -0.370 e. The molecule has 1 aromatic heterocycles. The van der Waals surface area contributed by atoms with E-state index in [-0.39, 0.29) is 0 Å². The average molecular weight is 254 g/mol. The van der Waals surface area contributed by atoms with Crippen molar-refractivity contribution in [3.05, 3.63) is 23.5 Å². The molecule has 0 radical (unpaired) electrons. The number of aromatic nitrogens is 1. The van der Waals surface area contributed by atoms with Gasteiger partial charge in [0.25, 0.3) is 0 Å². The monoisotopic (exact) mass is 253 g/mol. The lowest BCUT2D eigenvalue weighted by atomic mass is 9.93. The molecule has 17 heavy (non-hydrogen) atoms. The van der Waals surface area contributed by atoms with Crippen LogP contribution in [0.1, 0.15) is 19.3 Å². The predicted molar refractivity (Wildman–Crippen MR) is 72.7 cm³/mol. The lowest BCUT2D eigenvalue weighted by molar-refractivity contribution is 0.378. The van der Waals surface area contributed by atoms with Crippen molar-refractivity contribution >= 4 is 17.3 Å². The van der Waals surface area contributed by atoms with Crippen molar-refractivity contribution in [3.8, 4) is 0 Å². The van der Waals surface area contributed by atoms with Gasteiger partial charge in [0.1, 0.15) is 0 Å². The van der Waals surface area contributed by atoms with Gasteiger partial charge in [0.15, 0.2) is 0 Å². The quantitative estimate of drug-likeness (QED) is 0.894. The largest absolute Gasteiger partial charge is 0.370 e. The molecule has 0 saturated carbocycles. The van der Waals surface area contributed by atoms with E-state index in [0.717, 1.165) is 36.3 Å². The highest BCUT2D eigenvalue weighted by Crippen LogP contribution is 2.29. The second-order valence-corrected chi connectivity index (χ2v) is 5.06. The van der Waals surface area contributed by atoms with Gasteiger partial charge in [-0.3, -0.25) is 4.98 Å². The molecule has 0 amide bonds. The Hall–Kier alpha value is -0.800. The molecule has 1 aliphatic heterocycles. The summed E-state index contributed by atoms with van der Waals surface area (Å²) in [5.74, 6) is 0.860. The molecule has 0 spiro atoms. The van der Waals surface area contributed by atoms with Gasteiger partial charge >= 0.3 is 0 Å². The average Bonchev–Trinajstić information content (AvgIpc) is 2.38. The van der Waals surface area contributed by atoms with Gasteiger partial charge < -0.3 is 10.2 Å². The molecule has 0 atom stereocenters. The fraction of sp³-hybridized carbons (Fsp3) is 0.615. The van der Waals surface area contributed by atoms with Gasteiger partial charge in [0.2, 0.25) is 0 Å². The summed E-state index contributed by atoms with van der Waals surface area (Å²) in [6.07, 6.45) is 7.35. The maximum atomic E-state index is 6.16. The molecular weight excluding hydrogens is 234 g/mol. The molecule has 0 aromatic carbocycles. The Morgan fingerprint density at radius 3 is 2.88 bits per heavy atom. The third-order valence-corrected chi connectivity index (χ3v) is 3.80. The highest BCUT2D eigenvalue weighted by Gasteiger charge is 2.20. The van der Waals surface area contributed by atoms with Crippen LogP contribution >= 0.6 is 11.6 Å². The molecule has 0 bridgehead atoms. The van der Waals surface area contributed by atoms with Gasteiger partial charge in [-0.2, -0.15) is 0 Å². The molecule has 4 heteroatoms. The van der Waals surface area contributed by atoms with E-state index in [1.807, 2.05) is 19.3 Å². The zero-order valence-corrected chi connectivity index (χ0v) is 11.1. The van der Waals surface area contributed by atoms with Gasteiger partial charge in [-0.1, -0.05) is 11.6 Å². The first-order valence-electron chi connectivity index (χ1n) is 6.30. The SMILES string of the molecule is CNCCC1CCN(c2ccncc2Cl)CC1. The minimum atomic E-state index is 0.765. The Kier molecular flexibility index (Phi) is 4.63. The van der Waals surface area contributed by atoms with E-state index in [1.165, 1.54) is 19.3 Å². The van der Waals surface area contributed by atoms with E-state index < -0.39 is 0 Å². The van der Waals surface area contributed by atoms with Crippen molar-refractivity contribution < 1.29 is 0 Å². The number of anilines is 1. The third-order valence-electron chi connectivity index (χ3n) is 3.51. The van der Waals surface area contributed by atoms with Crippen LogP contribution in [0, 0.1) is 5.92 Å². The van der Waals surface area contributed by atoms with E-state index in [2.05, 4.69) is 15.2 Å². The van der Waals surface area contributed by atoms with E-state index in [1.54, 1.807) is 6.20 Å². The van der Waals surface area contributed by atoms with E-state index >= 15 is 0 Å². The van der Waals surface area contributed by atoms with Crippen molar-refractivity contribution in [1.29, 1.82) is 0 Å². The number of hydrogen-bond acceptors (Lipinski definition) is 3. The molecular formula is C13H20ClN3. The van der Waals surface area contributed by atoms with Gasteiger partial charge in [-0.05, 0) is 44.8 Å². The van der Waals surface area contributed by atoms with Crippen molar-refractivity contribution in [2.75, 3.05) is 31.6 Å². The van der Waals surface area contributed by atoms with E-state index in [9.17, 15) is 0 Å². The molecule has 0 aliphatic carbocycles. The maximum Gasteiger partial charge on any atom is 0.0822 e. The lowest BCUT2D eigenvalue weighted by Crippen LogP contribution is -2.34. The summed E-state index contributed by atoms with van der Waals surface area (Å²) in [5.41, 5.74) is 1.13. The zero-order valence-electron chi connectivity index (χ0n) is 10.3. The van der Waals surface area contributed by atoms with Crippen LogP contribution in [-0.4, -0.2) is 31.7 Å². The van der Waals surface area contributed by atoms with Crippen LogP contribution in [0.2, 0.25) is 5.02 Å². The molecule has 2 rings (SSSR count). The number of piperidine rings is 1. The Morgan fingerprint density at radius 1 is 1.47 bits per heavy atom. The zero-order chi connectivity index (χ0) is 12.1. The number of halogens is 1. The Balaban J connectivity index is 1.89. The number of rotatable bonds is 4. The first kappa shape index (κ1) is 12.7. The second kappa shape index (κ2) is 6.22. The molecule has 0 unspecified atom stereocenters. The van der Waals surface area contributed by atoms with Gasteiger partial charge in [-0.25, -0.2) is 0 Å². The van der Waals surface area contributed by atoms with Crippen molar-refractivity contribution in [3.63, 3.8) is 0 Å². The number of pyridine rings is 1. The second-order valence-electron chi connectivity index (χ2n) is 4.65. The Bertz CT molecular complexity index is 348. The van der Waals surface area contributed by atoms with Crippen molar-refractivity contribution in [2.24, 2.45) is 5.92 Å². The minimum absolute atomic E-state index is 0.765. The summed E-state index contributed by atoms with van der Waals surface area (Å²) in [7, 11) is 2.02. The van der Waals surface area contributed by atoms with Crippen LogP contribution in [0.25, 0.3) is 0 Å². The summed E-state index contributed by atoms with van der Waals surface area (Å²) in [5, 5.41) is 3.99. The summed E-state index contributed by atoms with van der Waals surface area (Å²) < 4.78 is 0. The molecule has 3 nitrogen and oxygen atoms in total. The molecule has 1 aromatic rings. The first-order chi connectivity index (χ1) is 8.31. The van der Waals surface area contributed by atoms with E-state index in [0.29, 0.717) is 0 Å². The number of nitrogens with one attached hydrogen (secondary N) is 1. The predicted octanol–water partition coefficient (Wildman–Crippen LogP) is 2.56. The standard InChI is InChI=1S/C13H20ClN3/c1-15-6-2-11-4-8-17(9-5-11)13-3-7-16-10-12(13)14/h3,7,10-11,15H,2,4-6,8-9H2,1H3. The van der Waals surface area contributed by atoms with Gasteiger partial charge in [0.05, 0.1) is 10.7 Å². The van der Waals surface area contributed by atoms with Crippen LogP contribution in [0.15, 0.2) is 18.5 Å². The third kappa shape index (κ3) is 3.33. The van der Waals surface area contributed by atoms with Crippen LogP contribution in [0.4, 0.5) is 5.69 Å². The molecule has 94 valence electrons. The summed E-state index contributed by atoms with van der Waals surface area (Å²) in [6, 6.07) is 2.01. The molecule has 1 fully saturated rings. The van der Waals surface area contributed by atoms with Crippen LogP contribution < -0.4 is 10.2 Å². The normalized spacial score (nSPS) is 17.4. The summed E-state index contributed by atoms with van der Waals surface area (Å²) in [4.78, 5) is 6.40. The molecule has 2 heterocycles. The fourth-order valence-electron chi connectivity index (χ4n) is 2.44.